The highest BCUT2D eigenvalue weighted by molar-refractivity contribution is 5.34. The Morgan fingerprint density at radius 1 is 1.25 bits per heavy atom. The van der Waals surface area contributed by atoms with Gasteiger partial charge in [-0.2, -0.15) is 0 Å². The third-order valence-corrected chi connectivity index (χ3v) is 2.05. The predicted octanol–water partition coefficient (Wildman–Crippen LogP) is 2.46. The molecule has 1 atom stereocenters. The third kappa shape index (κ3) is 1.48. The summed E-state index contributed by atoms with van der Waals surface area (Å²) >= 11 is 0. The molecule has 0 aliphatic rings. The highest BCUT2D eigenvalue weighted by Crippen LogP contribution is 2.21. The largest absolute Gasteiger partial charge is 0.324 e. The molecular weight excluding hydrogens is 153 g/mol. The van der Waals surface area contributed by atoms with Crippen LogP contribution in [0.3, 0.4) is 0 Å². The molecule has 0 saturated heterocycles. The second kappa shape index (κ2) is 3.23. The molecule has 0 bridgehead atoms. The summed E-state index contributed by atoms with van der Waals surface area (Å²) in [5.41, 5.74) is 7.86. The third-order valence-electron chi connectivity index (χ3n) is 2.05. The lowest BCUT2D eigenvalue weighted by atomic mass is 10.00. The van der Waals surface area contributed by atoms with Crippen molar-refractivity contribution in [2.24, 2.45) is 5.73 Å². The van der Waals surface area contributed by atoms with Gasteiger partial charge in [0, 0.05) is 11.6 Å². The van der Waals surface area contributed by atoms with E-state index in [1.807, 2.05) is 13.0 Å². The number of halogens is 1. The first-order valence-electron chi connectivity index (χ1n) is 4.05. The molecule has 0 amide bonds. The molecule has 0 heterocycles. The number of rotatable bonds is 1. The zero-order chi connectivity index (χ0) is 9.30. The van der Waals surface area contributed by atoms with Gasteiger partial charge in [0.2, 0.25) is 0 Å². The van der Waals surface area contributed by atoms with E-state index in [0.29, 0.717) is 11.1 Å². The zero-order valence-electron chi connectivity index (χ0n) is 7.69. The van der Waals surface area contributed by atoms with E-state index in [-0.39, 0.29) is 11.9 Å². The molecule has 0 aliphatic heterocycles. The summed E-state index contributed by atoms with van der Waals surface area (Å²) < 4.78 is 13.4. The lowest BCUT2D eigenvalue weighted by Gasteiger charge is -2.12. The smallest absolute Gasteiger partial charge is 0.131 e. The molecule has 0 saturated carbocycles. The van der Waals surface area contributed by atoms with E-state index in [9.17, 15) is 4.39 Å². The van der Waals surface area contributed by atoms with Gasteiger partial charge in [-0.25, -0.2) is 4.39 Å². The van der Waals surface area contributed by atoms with Crippen molar-refractivity contribution in [2.45, 2.75) is 26.8 Å². The number of benzene rings is 1. The van der Waals surface area contributed by atoms with E-state index in [2.05, 4.69) is 0 Å². The molecule has 66 valence electrons. The van der Waals surface area contributed by atoms with Gasteiger partial charge in [-0.15, -0.1) is 0 Å². The Bertz CT molecular complexity index is 292. The summed E-state index contributed by atoms with van der Waals surface area (Å²) in [4.78, 5) is 0. The second-order valence-electron chi connectivity index (χ2n) is 3.22. The first kappa shape index (κ1) is 9.20. The van der Waals surface area contributed by atoms with E-state index >= 15 is 0 Å². The van der Waals surface area contributed by atoms with Crippen LogP contribution >= 0.6 is 0 Å². The Kier molecular flexibility index (Phi) is 2.48. The van der Waals surface area contributed by atoms with Crippen molar-refractivity contribution in [3.63, 3.8) is 0 Å². The summed E-state index contributed by atoms with van der Waals surface area (Å²) in [6.07, 6.45) is 0. The normalized spacial score (nSPS) is 13.1. The van der Waals surface area contributed by atoms with E-state index in [1.54, 1.807) is 19.9 Å². The molecule has 1 aromatic rings. The molecule has 1 unspecified atom stereocenters. The van der Waals surface area contributed by atoms with Crippen molar-refractivity contribution in [3.8, 4) is 0 Å². The maximum atomic E-state index is 13.4. The maximum absolute atomic E-state index is 13.4. The average molecular weight is 167 g/mol. The fourth-order valence-electron chi connectivity index (χ4n) is 1.36. The van der Waals surface area contributed by atoms with Crippen molar-refractivity contribution in [2.75, 3.05) is 0 Å². The first-order chi connectivity index (χ1) is 5.54. The van der Waals surface area contributed by atoms with Gasteiger partial charge in [-0.3, -0.25) is 0 Å². The molecule has 0 aliphatic carbocycles. The lowest BCUT2D eigenvalue weighted by Crippen LogP contribution is -2.10. The van der Waals surface area contributed by atoms with E-state index < -0.39 is 0 Å². The second-order valence-corrected chi connectivity index (χ2v) is 3.22. The number of hydrogen-bond acceptors (Lipinski definition) is 1. The summed E-state index contributed by atoms with van der Waals surface area (Å²) in [6.45, 7) is 5.42. The van der Waals surface area contributed by atoms with Crippen LogP contribution in [0.4, 0.5) is 4.39 Å². The molecule has 2 heteroatoms. The minimum atomic E-state index is -0.232. The van der Waals surface area contributed by atoms with Gasteiger partial charge in [-0.1, -0.05) is 12.1 Å². The van der Waals surface area contributed by atoms with Crippen LogP contribution in [-0.2, 0) is 0 Å². The van der Waals surface area contributed by atoms with Gasteiger partial charge in [0.25, 0.3) is 0 Å². The van der Waals surface area contributed by atoms with Gasteiger partial charge in [0.1, 0.15) is 5.82 Å². The molecule has 0 radical (unpaired) electrons. The zero-order valence-corrected chi connectivity index (χ0v) is 7.69. The van der Waals surface area contributed by atoms with Crippen LogP contribution in [0.2, 0.25) is 0 Å². The molecular formula is C10H14FN. The quantitative estimate of drug-likeness (QED) is 0.683. The topological polar surface area (TPSA) is 26.0 Å². The molecule has 0 aromatic heterocycles. The Labute approximate surface area is 72.4 Å². The Balaban J connectivity index is 3.33. The van der Waals surface area contributed by atoms with Crippen LogP contribution in [0, 0.1) is 19.7 Å². The van der Waals surface area contributed by atoms with Gasteiger partial charge in [0.15, 0.2) is 0 Å². The minimum absolute atomic E-state index is 0.162. The van der Waals surface area contributed by atoms with E-state index in [4.69, 9.17) is 5.73 Å². The van der Waals surface area contributed by atoms with Crippen molar-refractivity contribution in [1.29, 1.82) is 0 Å². The monoisotopic (exact) mass is 167 g/mol. The summed E-state index contributed by atoms with van der Waals surface area (Å²) in [6, 6.07) is 3.44. The van der Waals surface area contributed by atoms with Gasteiger partial charge in [-0.05, 0) is 31.9 Å². The van der Waals surface area contributed by atoms with Gasteiger partial charge >= 0.3 is 0 Å². The number of hydrogen-bond donors (Lipinski definition) is 1. The molecule has 0 fully saturated rings. The molecule has 0 spiro atoms. The molecule has 12 heavy (non-hydrogen) atoms. The van der Waals surface area contributed by atoms with Crippen molar-refractivity contribution < 1.29 is 4.39 Å². The highest BCUT2D eigenvalue weighted by atomic mass is 19.1. The van der Waals surface area contributed by atoms with E-state index in [0.717, 1.165) is 5.56 Å². The summed E-state index contributed by atoms with van der Waals surface area (Å²) in [5.74, 6) is -0.162. The molecule has 2 N–H and O–H groups in total. The van der Waals surface area contributed by atoms with Crippen LogP contribution in [-0.4, -0.2) is 0 Å². The fraction of sp³-hybridized carbons (Fsp3) is 0.400. The van der Waals surface area contributed by atoms with Crippen molar-refractivity contribution in [1.82, 2.24) is 0 Å². The van der Waals surface area contributed by atoms with Crippen LogP contribution in [0.1, 0.15) is 29.7 Å². The van der Waals surface area contributed by atoms with Crippen LogP contribution in [0.25, 0.3) is 0 Å². The first-order valence-corrected chi connectivity index (χ1v) is 4.05. The molecule has 1 nitrogen and oxygen atoms in total. The fourth-order valence-corrected chi connectivity index (χ4v) is 1.36. The lowest BCUT2D eigenvalue weighted by molar-refractivity contribution is 0.583. The Morgan fingerprint density at radius 2 is 1.75 bits per heavy atom. The molecule has 1 aromatic carbocycles. The number of nitrogens with two attached hydrogens (primary N) is 1. The average Bonchev–Trinajstić information content (AvgIpc) is 1.97. The maximum Gasteiger partial charge on any atom is 0.131 e. The van der Waals surface area contributed by atoms with Crippen LogP contribution in [0.15, 0.2) is 12.1 Å². The predicted molar refractivity (Wildman–Crippen MR) is 48.5 cm³/mol. The van der Waals surface area contributed by atoms with Gasteiger partial charge < -0.3 is 5.73 Å². The summed E-state index contributed by atoms with van der Waals surface area (Å²) in [7, 11) is 0. The highest BCUT2D eigenvalue weighted by Gasteiger charge is 2.11. The van der Waals surface area contributed by atoms with Crippen LogP contribution < -0.4 is 5.73 Å². The summed E-state index contributed by atoms with van der Waals surface area (Å²) in [5, 5.41) is 0. The van der Waals surface area contributed by atoms with Crippen molar-refractivity contribution >= 4 is 0 Å². The minimum Gasteiger partial charge on any atom is -0.324 e. The Hall–Kier alpha value is -0.890. The standard InChI is InChI=1S/C10H14FN/c1-6-4-5-7(2)10(11)9(6)8(3)12/h4-5,8H,12H2,1-3H3. The van der Waals surface area contributed by atoms with Crippen LogP contribution in [0.5, 0.6) is 0 Å². The Morgan fingerprint density at radius 3 is 2.17 bits per heavy atom. The van der Waals surface area contributed by atoms with Crippen molar-refractivity contribution in [3.05, 3.63) is 34.6 Å². The van der Waals surface area contributed by atoms with E-state index in [1.165, 1.54) is 0 Å². The SMILES string of the molecule is Cc1ccc(C)c(C(C)N)c1F. The number of aryl methyl sites for hydroxylation is 2. The molecule has 1 rings (SSSR count). The van der Waals surface area contributed by atoms with Gasteiger partial charge in [0.05, 0.1) is 0 Å².